The third kappa shape index (κ3) is 4.87. The fourth-order valence-corrected chi connectivity index (χ4v) is 1.86. The molecule has 2 atom stereocenters. The lowest BCUT2D eigenvalue weighted by Gasteiger charge is -2.15. The molecule has 0 spiro atoms. The smallest absolute Gasteiger partial charge is 0.0991 e. The van der Waals surface area contributed by atoms with Gasteiger partial charge in [0.05, 0.1) is 11.6 Å². The molecule has 0 aliphatic heterocycles. The van der Waals surface area contributed by atoms with Crippen LogP contribution in [-0.2, 0) is 0 Å². The van der Waals surface area contributed by atoms with Gasteiger partial charge in [0.2, 0.25) is 0 Å². The Kier molecular flexibility index (Phi) is 6.42. The van der Waals surface area contributed by atoms with Crippen LogP contribution in [0.2, 0.25) is 0 Å². The van der Waals surface area contributed by atoms with E-state index in [1.165, 1.54) is 0 Å². The number of aliphatic hydroxyl groups is 1. The van der Waals surface area contributed by atoms with E-state index in [0.717, 1.165) is 24.9 Å². The van der Waals surface area contributed by atoms with Crippen molar-refractivity contribution in [2.45, 2.75) is 32.7 Å². The molecule has 2 N–H and O–H groups in total. The van der Waals surface area contributed by atoms with Crippen LogP contribution < -0.4 is 5.32 Å². The van der Waals surface area contributed by atoms with E-state index in [0.29, 0.717) is 11.5 Å². The summed E-state index contributed by atoms with van der Waals surface area (Å²) >= 11 is 0. The van der Waals surface area contributed by atoms with Gasteiger partial charge in [-0.05, 0) is 49.9 Å². The summed E-state index contributed by atoms with van der Waals surface area (Å²) in [6.45, 7) is 5.35. The highest BCUT2D eigenvalue weighted by Crippen LogP contribution is 2.14. The summed E-state index contributed by atoms with van der Waals surface area (Å²) in [4.78, 5) is 0. The van der Waals surface area contributed by atoms with Crippen molar-refractivity contribution >= 4 is 0 Å². The second-order valence-electron chi connectivity index (χ2n) is 4.84. The molecule has 98 valence electrons. The van der Waals surface area contributed by atoms with Gasteiger partial charge in [-0.3, -0.25) is 0 Å². The Morgan fingerprint density at radius 1 is 1.39 bits per heavy atom. The number of benzene rings is 1. The maximum Gasteiger partial charge on any atom is 0.0991 e. The molecule has 18 heavy (non-hydrogen) atoms. The molecule has 0 aromatic heterocycles. The predicted octanol–water partition coefficient (Wildman–Crippen LogP) is 2.62. The molecule has 0 saturated carbocycles. The first-order valence-corrected chi connectivity index (χ1v) is 6.51. The van der Waals surface area contributed by atoms with Crippen LogP contribution in [0, 0.1) is 17.2 Å². The SMILES string of the molecule is CC(CO)CCCNC(C)c1cccc(C#N)c1. The zero-order valence-corrected chi connectivity index (χ0v) is 11.2. The average molecular weight is 246 g/mol. The second-order valence-corrected chi connectivity index (χ2v) is 4.84. The number of aliphatic hydroxyl groups excluding tert-OH is 1. The average Bonchev–Trinajstić information content (AvgIpc) is 2.43. The fourth-order valence-electron chi connectivity index (χ4n) is 1.86. The number of nitrogens with zero attached hydrogens (tertiary/aromatic N) is 1. The van der Waals surface area contributed by atoms with Crippen molar-refractivity contribution in [3.05, 3.63) is 35.4 Å². The second kappa shape index (κ2) is 7.86. The van der Waals surface area contributed by atoms with Crippen LogP contribution >= 0.6 is 0 Å². The molecule has 0 saturated heterocycles. The normalized spacial score (nSPS) is 13.9. The summed E-state index contributed by atoms with van der Waals surface area (Å²) in [5, 5.41) is 21.2. The highest BCUT2D eigenvalue weighted by atomic mass is 16.3. The molecular formula is C15H22N2O. The molecule has 2 unspecified atom stereocenters. The van der Waals surface area contributed by atoms with E-state index in [-0.39, 0.29) is 12.6 Å². The van der Waals surface area contributed by atoms with Crippen LogP contribution in [0.1, 0.15) is 43.9 Å². The van der Waals surface area contributed by atoms with Crippen LogP contribution in [0.25, 0.3) is 0 Å². The van der Waals surface area contributed by atoms with Gasteiger partial charge in [-0.25, -0.2) is 0 Å². The van der Waals surface area contributed by atoms with Crippen LogP contribution in [0.15, 0.2) is 24.3 Å². The Hall–Kier alpha value is -1.37. The van der Waals surface area contributed by atoms with Gasteiger partial charge in [0.15, 0.2) is 0 Å². The summed E-state index contributed by atoms with van der Waals surface area (Å²) in [6.07, 6.45) is 2.10. The Morgan fingerprint density at radius 3 is 2.83 bits per heavy atom. The maximum atomic E-state index is 8.93. The van der Waals surface area contributed by atoms with Gasteiger partial charge in [0.1, 0.15) is 0 Å². The Bertz CT molecular complexity index is 398. The molecule has 0 radical (unpaired) electrons. The Morgan fingerprint density at radius 2 is 2.17 bits per heavy atom. The number of hydrogen-bond donors (Lipinski definition) is 2. The quantitative estimate of drug-likeness (QED) is 0.727. The van der Waals surface area contributed by atoms with E-state index in [9.17, 15) is 0 Å². The molecule has 0 aliphatic rings. The third-order valence-corrected chi connectivity index (χ3v) is 3.15. The van der Waals surface area contributed by atoms with Gasteiger partial charge >= 0.3 is 0 Å². The van der Waals surface area contributed by atoms with E-state index < -0.39 is 0 Å². The van der Waals surface area contributed by atoms with Crippen molar-refractivity contribution in [1.29, 1.82) is 5.26 Å². The summed E-state index contributed by atoms with van der Waals surface area (Å²) in [7, 11) is 0. The van der Waals surface area contributed by atoms with Gasteiger partial charge in [-0.15, -0.1) is 0 Å². The molecule has 0 aliphatic carbocycles. The topological polar surface area (TPSA) is 56.0 Å². The van der Waals surface area contributed by atoms with E-state index in [1.54, 1.807) is 0 Å². The Labute approximate surface area is 109 Å². The minimum atomic E-state index is 0.253. The zero-order valence-electron chi connectivity index (χ0n) is 11.2. The highest BCUT2D eigenvalue weighted by Gasteiger charge is 2.05. The van der Waals surface area contributed by atoms with Gasteiger partial charge < -0.3 is 10.4 Å². The van der Waals surface area contributed by atoms with Crippen molar-refractivity contribution < 1.29 is 5.11 Å². The molecule has 1 rings (SSSR count). The maximum absolute atomic E-state index is 8.93. The van der Waals surface area contributed by atoms with Crippen molar-refractivity contribution in [3.8, 4) is 6.07 Å². The van der Waals surface area contributed by atoms with Gasteiger partial charge in [0, 0.05) is 12.6 Å². The molecule has 1 aromatic rings. The third-order valence-electron chi connectivity index (χ3n) is 3.15. The molecular weight excluding hydrogens is 224 g/mol. The molecule has 3 nitrogen and oxygen atoms in total. The summed E-state index contributed by atoms with van der Waals surface area (Å²) in [5.41, 5.74) is 1.85. The number of nitrogens with one attached hydrogen (secondary N) is 1. The molecule has 3 heteroatoms. The molecule has 0 amide bonds. The van der Waals surface area contributed by atoms with Crippen molar-refractivity contribution in [2.24, 2.45) is 5.92 Å². The largest absolute Gasteiger partial charge is 0.396 e. The molecule has 0 heterocycles. The molecule has 1 aromatic carbocycles. The summed E-state index contributed by atoms with van der Waals surface area (Å²) < 4.78 is 0. The lowest BCUT2D eigenvalue weighted by atomic mass is 10.0. The lowest BCUT2D eigenvalue weighted by molar-refractivity contribution is 0.227. The molecule has 0 fully saturated rings. The van der Waals surface area contributed by atoms with E-state index in [1.807, 2.05) is 24.3 Å². The van der Waals surface area contributed by atoms with Gasteiger partial charge in [-0.1, -0.05) is 19.1 Å². The fraction of sp³-hybridized carbons (Fsp3) is 0.533. The minimum Gasteiger partial charge on any atom is -0.396 e. The van der Waals surface area contributed by atoms with Crippen LogP contribution in [-0.4, -0.2) is 18.3 Å². The summed E-state index contributed by atoms with van der Waals surface area (Å²) in [6, 6.07) is 10.1. The summed E-state index contributed by atoms with van der Waals surface area (Å²) in [5.74, 6) is 0.379. The monoisotopic (exact) mass is 246 g/mol. The van der Waals surface area contributed by atoms with Gasteiger partial charge in [0.25, 0.3) is 0 Å². The highest BCUT2D eigenvalue weighted by molar-refractivity contribution is 5.33. The first kappa shape index (κ1) is 14.7. The number of rotatable bonds is 7. The lowest BCUT2D eigenvalue weighted by Crippen LogP contribution is -2.20. The van der Waals surface area contributed by atoms with Crippen molar-refractivity contribution in [3.63, 3.8) is 0 Å². The zero-order chi connectivity index (χ0) is 13.4. The Balaban J connectivity index is 2.36. The van der Waals surface area contributed by atoms with E-state index >= 15 is 0 Å². The van der Waals surface area contributed by atoms with Crippen molar-refractivity contribution in [1.82, 2.24) is 5.32 Å². The van der Waals surface area contributed by atoms with Crippen molar-refractivity contribution in [2.75, 3.05) is 13.2 Å². The number of nitriles is 1. The number of hydrogen-bond acceptors (Lipinski definition) is 3. The van der Waals surface area contributed by atoms with E-state index in [4.69, 9.17) is 10.4 Å². The first-order valence-electron chi connectivity index (χ1n) is 6.51. The van der Waals surface area contributed by atoms with Gasteiger partial charge in [-0.2, -0.15) is 5.26 Å². The minimum absolute atomic E-state index is 0.253. The van der Waals surface area contributed by atoms with Crippen LogP contribution in [0.3, 0.4) is 0 Å². The van der Waals surface area contributed by atoms with E-state index in [2.05, 4.69) is 25.2 Å². The standard InChI is InChI=1S/C15H22N2O/c1-12(11-18)5-4-8-17-13(2)15-7-3-6-14(9-15)10-16/h3,6-7,9,12-13,17-18H,4-5,8,11H2,1-2H3. The van der Waals surface area contributed by atoms with Crippen LogP contribution in [0.4, 0.5) is 0 Å². The predicted molar refractivity (Wildman–Crippen MR) is 73.1 cm³/mol. The molecule has 0 bridgehead atoms. The first-order chi connectivity index (χ1) is 8.67. The van der Waals surface area contributed by atoms with Crippen LogP contribution in [0.5, 0.6) is 0 Å².